The van der Waals surface area contributed by atoms with Crippen molar-refractivity contribution in [2.45, 2.75) is 19.3 Å². The molecule has 0 saturated carbocycles. The van der Waals surface area contributed by atoms with Gasteiger partial charge in [-0.05, 0) is 17.4 Å². The van der Waals surface area contributed by atoms with Crippen LogP contribution in [0.3, 0.4) is 0 Å². The van der Waals surface area contributed by atoms with E-state index in [0.29, 0.717) is 6.16 Å². The van der Waals surface area contributed by atoms with Crippen molar-refractivity contribution >= 4 is 8.03 Å². The molecule has 0 aromatic carbocycles. The molecule has 0 aromatic rings. The highest BCUT2D eigenvalue weighted by atomic mass is 31.1. The van der Waals surface area contributed by atoms with E-state index in [2.05, 4.69) is 6.08 Å². The summed E-state index contributed by atoms with van der Waals surface area (Å²) in [5, 5.41) is 0. The van der Waals surface area contributed by atoms with Gasteiger partial charge >= 0.3 is 8.03 Å². The molecule has 1 N–H and O–H groups in total. The lowest BCUT2D eigenvalue weighted by atomic mass is 9.97. The molecule has 2 nitrogen and oxygen atoms in total. The van der Waals surface area contributed by atoms with Crippen LogP contribution in [0.1, 0.15) is 19.3 Å². The number of hydrogen-bond donors (Lipinski definition) is 1. The SMILES string of the molecule is O=[P+](O)CCC1=CCC1. The van der Waals surface area contributed by atoms with Gasteiger partial charge in [0.15, 0.2) is 6.16 Å². The fraction of sp³-hybridized carbons (Fsp3) is 0.667. The van der Waals surface area contributed by atoms with Crippen LogP contribution >= 0.6 is 8.03 Å². The van der Waals surface area contributed by atoms with Gasteiger partial charge in [0, 0.05) is 6.42 Å². The monoisotopic (exact) mass is 145 g/mol. The van der Waals surface area contributed by atoms with Crippen LogP contribution in [0, 0.1) is 0 Å². The average molecular weight is 145 g/mol. The van der Waals surface area contributed by atoms with E-state index in [1.807, 2.05) is 0 Å². The second-order valence-corrected chi connectivity index (χ2v) is 3.38. The number of rotatable bonds is 3. The number of hydrogen-bond acceptors (Lipinski definition) is 1. The quantitative estimate of drug-likeness (QED) is 0.486. The lowest BCUT2D eigenvalue weighted by Crippen LogP contribution is -1.94. The molecule has 1 atom stereocenters. The molecule has 0 aromatic heterocycles. The molecule has 0 radical (unpaired) electrons. The van der Waals surface area contributed by atoms with Crippen LogP contribution in [0.2, 0.25) is 0 Å². The smallest absolute Gasteiger partial charge is 0.161 e. The molecule has 1 rings (SSSR count). The predicted molar refractivity (Wildman–Crippen MR) is 36.6 cm³/mol. The summed E-state index contributed by atoms with van der Waals surface area (Å²) in [6, 6.07) is 0. The maximum Gasteiger partial charge on any atom is 0.505 e. The van der Waals surface area contributed by atoms with Crippen molar-refractivity contribution in [1.82, 2.24) is 0 Å². The van der Waals surface area contributed by atoms with Crippen molar-refractivity contribution in [2.24, 2.45) is 0 Å². The van der Waals surface area contributed by atoms with Crippen LogP contribution in [-0.2, 0) is 4.57 Å². The maximum absolute atomic E-state index is 10.2. The van der Waals surface area contributed by atoms with E-state index in [1.165, 1.54) is 5.57 Å². The summed E-state index contributed by atoms with van der Waals surface area (Å²) in [6.45, 7) is 0. The zero-order valence-electron chi connectivity index (χ0n) is 5.21. The van der Waals surface area contributed by atoms with Gasteiger partial charge in [0.25, 0.3) is 0 Å². The lowest BCUT2D eigenvalue weighted by Gasteiger charge is -2.10. The normalized spacial score (nSPS) is 18.3. The van der Waals surface area contributed by atoms with Crippen molar-refractivity contribution in [3.63, 3.8) is 0 Å². The van der Waals surface area contributed by atoms with E-state index in [0.717, 1.165) is 19.3 Å². The first kappa shape index (κ1) is 6.91. The highest BCUT2D eigenvalue weighted by Crippen LogP contribution is 2.25. The van der Waals surface area contributed by atoms with Gasteiger partial charge in [-0.25, -0.2) is 0 Å². The summed E-state index contributed by atoms with van der Waals surface area (Å²) in [5.74, 6) is 0. The minimum atomic E-state index is -1.90. The van der Waals surface area contributed by atoms with Crippen LogP contribution in [-0.4, -0.2) is 11.1 Å². The third-order valence-corrected chi connectivity index (χ3v) is 2.13. The summed E-state index contributed by atoms with van der Waals surface area (Å²) in [4.78, 5) is 8.40. The van der Waals surface area contributed by atoms with E-state index < -0.39 is 8.03 Å². The zero-order chi connectivity index (χ0) is 6.69. The molecule has 0 aliphatic heterocycles. The third kappa shape index (κ3) is 2.25. The highest BCUT2D eigenvalue weighted by Gasteiger charge is 2.13. The molecule has 0 fully saturated rings. The first-order valence-electron chi connectivity index (χ1n) is 3.10. The van der Waals surface area contributed by atoms with Crippen LogP contribution in [0.5, 0.6) is 0 Å². The summed E-state index contributed by atoms with van der Waals surface area (Å²) in [5.41, 5.74) is 1.35. The first-order chi connectivity index (χ1) is 4.29. The van der Waals surface area contributed by atoms with Gasteiger partial charge in [-0.2, -0.15) is 4.89 Å². The largest absolute Gasteiger partial charge is 0.505 e. The second-order valence-electron chi connectivity index (χ2n) is 2.23. The van der Waals surface area contributed by atoms with E-state index in [1.54, 1.807) is 0 Å². The Bertz CT molecular complexity index is 151. The van der Waals surface area contributed by atoms with Crippen molar-refractivity contribution < 1.29 is 9.46 Å². The molecule has 0 spiro atoms. The van der Waals surface area contributed by atoms with Crippen molar-refractivity contribution in [1.29, 1.82) is 0 Å². The van der Waals surface area contributed by atoms with Crippen LogP contribution < -0.4 is 0 Å². The Morgan fingerprint density at radius 1 is 1.78 bits per heavy atom. The molecular formula is C6H10O2P+. The summed E-state index contributed by atoms with van der Waals surface area (Å²) in [6.07, 6.45) is 5.71. The Labute approximate surface area is 55.5 Å². The Morgan fingerprint density at radius 2 is 2.44 bits per heavy atom. The van der Waals surface area contributed by atoms with Gasteiger partial charge < -0.3 is 0 Å². The molecule has 1 aliphatic carbocycles. The summed E-state index contributed by atoms with van der Waals surface area (Å²) >= 11 is 0. The zero-order valence-corrected chi connectivity index (χ0v) is 6.10. The van der Waals surface area contributed by atoms with Crippen molar-refractivity contribution in [3.05, 3.63) is 11.6 Å². The number of allylic oxidation sites excluding steroid dienone is 2. The Balaban J connectivity index is 2.12. The molecule has 50 valence electrons. The Kier molecular flexibility index (Phi) is 2.38. The highest BCUT2D eigenvalue weighted by molar-refractivity contribution is 7.37. The summed E-state index contributed by atoms with van der Waals surface area (Å²) < 4.78 is 10.2. The standard InChI is InChI=1S/C6H9O2P/c7-9(8)5-4-6-2-1-3-6/h2H,1,3-5H2/p+1. The minimum absolute atomic E-state index is 0.446. The van der Waals surface area contributed by atoms with E-state index in [-0.39, 0.29) is 0 Å². The van der Waals surface area contributed by atoms with E-state index in [4.69, 9.17) is 4.89 Å². The first-order valence-corrected chi connectivity index (χ1v) is 4.50. The van der Waals surface area contributed by atoms with Gasteiger partial charge in [0.1, 0.15) is 0 Å². The van der Waals surface area contributed by atoms with Gasteiger partial charge in [-0.15, -0.1) is 0 Å². The van der Waals surface area contributed by atoms with E-state index in [9.17, 15) is 4.57 Å². The lowest BCUT2D eigenvalue weighted by molar-refractivity contribution is 0.502. The van der Waals surface area contributed by atoms with Crippen molar-refractivity contribution in [3.8, 4) is 0 Å². The fourth-order valence-corrected chi connectivity index (χ4v) is 1.29. The summed E-state index contributed by atoms with van der Waals surface area (Å²) in [7, 11) is -1.90. The molecular weight excluding hydrogens is 135 g/mol. The molecule has 3 heteroatoms. The molecule has 0 amide bonds. The van der Waals surface area contributed by atoms with Crippen molar-refractivity contribution in [2.75, 3.05) is 6.16 Å². The molecule has 1 aliphatic rings. The van der Waals surface area contributed by atoms with Crippen LogP contribution in [0.15, 0.2) is 11.6 Å². The van der Waals surface area contributed by atoms with E-state index >= 15 is 0 Å². The minimum Gasteiger partial charge on any atom is -0.161 e. The van der Waals surface area contributed by atoms with Gasteiger partial charge in [-0.3, -0.25) is 0 Å². The predicted octanol–water partition coefficient (Wildman–Crippen LogP) is 1.83. The Morgan fingerprint density at radius 3 is 2.78 bits per heavy atom. The fourth-order valence-electron chi connectivity index (χ4n) is 0.815. The molecule has 0 heterocycles. The van der Waals surface area contributed by atoms with Gasteiger partial charge in [0.05, 0.1) is 0 Å². The van der Waals surface area contributed by atoms with Crippen LogP contribution in [0.25, 0.3) is 0 Å². The Hall–Kier alpha value is -0.200. The average Bonchev–Trinajstić information content (AvgIpc) is 1.60. The second kappa shape index (κ2) is 3.09. The molecule has 9 heavy (non-hydrogen) atoms. The molecule has 1 unspecified atom stereocenters. The molecule has 0 saturated heterocycles. The van der Waals surface area contributed by atoms with Crippen LogP contribution in [0.4, 0.5) is 0 Å². The maximum atomic E-state index is 10.2. The third-order valence-electron chi connectivity index (χ3n) is 1.52. The van der Waals surface area contributed by atoms with Gasteiger partial charge in [0.2, 0.25) is 0 Å². The topological polar surface area (TPSA) is 37.3 Å². The van der Waals surface area contributed by atoms with Gasteiger partial charge in [-0.1, -0.05) is 11.6 Å². The molecule has 0 bridgehead atoms.